The Hall–Kier alpha value is -2.04. The van der Waals surface area contributed by atoms with Gasteiger partial charge in [-0.05, 0) is 53.7 Å². The normalized spacial score (nSPS) is 12.8. The van der Waals surface area contributed by atoms with E-state index < -0.39 is 5.60 Å². The van der Waals surface area contributed by atoms with Crippen molar-refractivity contribution in [3.8, 4) is 0 Å². The Morgan fingerprint density at radius 2 is 1.05 bits per heavy atom. The van der Waals surface area contributed by atoms with Crippen molar-refractivity contribution in [1.29, 1.82) is 0 Å². The molecule has 0 aliphatic heterocycles. The summed E-state index contributed by atoms with van der Waals surface area (Å²) >= 11 is 0. The molecule has 0 spiro atoms. The molecule has 3 rings (SSSR count). The van der Waals surface area contributed by atoms with Crippen LogP contribution in [0.4, 0.5) is 0 Å². The number of rotatable bonds is 15. The predicted octanol–water partition coefficient (Wildman–Crippen LogP) is 9.56. The molecule has 3 aromatic rings. The Balaban J connectivity index is 0.00000507. The molecular weight excluding hydrogens is 455 g/mol. The zero-order valence-electron chi connectivity index (χ0n) is 23.8. The molecule has 0 bridgehead atoms. The van der Waals surface area contributed by atoms with Crippen LogP contribution in [0, 0.1) is 17.8 Å². The topological polar surface area (TPSA) is 9.23 Å². The number of ether oxygens (including phenoxy) is 1. The molecule has 0 fully saturated rings. The van der Waals surface area contributed by atoms with Gasteiger partial charge in [0.05, 0.1) is 6.10 Å². The van der Waals surface area contributed by atoms with Gasteiger partial charge in [-0.15, -0.1) is 0 Å². The number of hydrogen-bond donors (Lipinski definition) is 0. The third kappa shape index (κ3) is 9.31. The molecule has 1 nitrogen and oxygen atoms in total. The number of allylic oxidation sites excluding steroid dienone is 1. The fourth-order valence-electron chi connectivity index (χ4n) is 5.49. The second-order valence-corrected chi connectivity index (χ2v) is 11.3. The molecule has 0 radical (unpaired) electrons. The Morgan fingerprint density at radius 1 is 0.632 bits per heavy atom. The van der Waals surface area contributed by atoms with Gasteiger partial charge in [-0.25, -0.2) is 0 Å². The summed E-state index contributed by atoms with van der Waals surface area (Å²) in [6.07, 6.45) is 12.0. The van der Waals surface area contributed by atoms with Gasteiger partial charge in [-0.1, -0.05) is 157 Å². The maximum atomic E-state index is 7.42. The van der Waals surface area contributed by atoms with Crippen LogP contribution in [0.2, 0.25) is 0 Å². The third-order valence-electron chi connectivity index (χ3n) is 7.11. The second kappa shape index (κ2) is 16.8. The van der Waals surface area contributed by atoms with E-state index in [0.717, 1.165) is 6.42 Å². The molecule has 38 heavy (non-hydrogen) atoms. The summed E-state index contributed by atoms with van der Waals surface area (Å²) < 4.78 is 7.42. The summed E-state index contributed by atoms with van der Waals surface area (Å²) in [6, 6.07) is 32.3. The molecule has 0 amide bonds. The van der Waals surface area contributed by atoms with Gasteiger partial charge in [0.25, 0.3) is 0 Å². The van der Waals surface area contributed by atoms with Crippen LogP contribution in [0.3, 0.4) is 0 Å². The molecule has 3 aromatic carbocycles. The van der Waals surface area contributed by atoms with Crippen LogP contribution in [0.5, 0.6) is 0 Å². The minimum absolute atomic E-state index is 0. The van der Waals surface area contributed by atoms with E-state index in [-0.39, 0.29) is 25.0 Å². The van der Waals surface area contributed by atoms with Crippen LogP contribution in [0.25, 0.3) is 0 Å². The molecule has 0 N–H and O–H groups in total. The van der Waals surface area contributed by atoms with Crippen LogP contribution in [-0.4, -0.2) is 25.0 Å². The summed E-state index contributed by atoms with van der Waals surface area (Å²) in [5, 5.41) is 0. The summed E-state index contributed by atoms with van der Waals surface area (Å²) in [5.74, 6) is 1.95. The van der Waals surface area contributed by atoms with Crippen molar-refractivity contribution in [3.63, 3.8) is 0 Å². The molecule has 0 aliphatic carbocycles. The Labute approximate surface area is 245 Å². The van der Waals surface area contributed by atoms with Crippen molar-refractivity contribution in [2.75, 3.05) is 0 Å². The summed E-state index contributed by atoms with van der Waals surface area (Å²) in [6.45, 7) is 11.6. The summed E-state index contributed by atoms with van der Waals surface area (Å²) in [5.41, 5.74) is 2.82. The Kier molecular flexibility index (Phi) is 14.2. The van der Waals surface area contributed by atoms with E-state index in [0.29, 0.717) is 17.8 Å². The summed E-state index contributed by atoms with van der Waals surface area (Å²) in [7, 11) is 0. The standard InChI is InChI=1S/C36H48O.Li.H/c1-6-7-11-24-35(26-25-31(27-29(2)3)28-30(4)5)37-36(32-18-12-8-13-19-32,33-20-14-9-15-21-33)34-22-16-10-17-23-34;;/h8-10,12-23,25-26,29-31,35H,6-7,11,24,27-28H2,1-5H3;;/b26-25+;;. The van der Waals surface area contributed by atoms with Gasteiger partial charge in [0.15, 0.2) is 0 Å². The van der Waals surface area contributed by atoms with Gasteiger partial charge in [-0.2, -0.15) is 0 Å². The van der Waals surface area contributed by atoms with Crippen LogP contribution in [-0.2, 0) is 10.3 Å². The number of benzene rings is 3. The van der Waals surface area contributed by atoms with Gasteiger partial charge >= 0.3 is 18.9 Å². The van der Waals surface area contributed by atoms with Crippen LogP contribution >= 0.6 is 0 Å². The first-order valence-electron chi connectivity index (χ1n) is 14.5. The van der Waals surface area contributed by atoms with Crippen molar-refractivity contribution in [3.05, 3.63) is 120 Å². The number of unbranched alkanes of at least 4 members (excludes halogenated alkanes) is 2. The quantitative estimate of drug-likeness (QED) is 0.0866. The zero-order chi connectivity index (χ0) is 26.5. The monoisotopic (exact) mass is 504 g/mol. The van der Waals surface area contributed by atoms with Gasteiger partial charge in [0, 0.05) is 0 Å². The van der Waals surface area contributed by atoms with Crippen LogP contribution in [0.15, 0.2) is 103 Å². The minimum atomic E-state index is -0.684. The van der Waals surface area contributed by atoms with Gasteiger partial charge in [0.1, 0.15) is 5.60 Å². The van der Waals surface area contributed by atoms with E-state index in [9.17, 15) is 0 Å². The molecular formula is C36H49LiO. The average molecular weight is 505 g/mol. The first-order chi connectivity index (χ1) is 18.0. The molecule has 0 saturated carbocycles. The second-order valence-electron chi connectivity index (χ2n) is 11.3. The molecule has 1 unspecified atom stereocenters. The van der Waals surface area contributed by atoms with Crippen molar-refractivity contribution in [1.82, 2.24) is 0 Å². The number of hydrogen-bond acceptors (Lipinski definition) is 1. The molecule has 0 saturated heterocycles. The van der Waals surface area contributed by atoms with Gasteiger partial charge < -0.3 is 4.74 Å². The maximum absolute atomic E-state index is 7.42. The first-order valence-corrected chi connectivity index (χ1v) is 14.5. The fourth-order valence-corrected chi connectivity index (χ4v) is 5.49. The van der Waals surface area contributed by atoms with E-state index in [1.807, 2.05) is 0 Å². The molecule has 1 atom stereocenters. The van der Waals surface area contributed by atoms with Crippen LogP contribution in [0.1, 0.15) is 89.8 Å². The summed E-state index contributed by atoms with van der Waals surface area (Å²) in [4.78, 5) is 0. The third-order valence-corrected chi connectivity index (χ3v) is 7.11. The van der Waals surface area contributed by atoms with Gasteiger partial charge in [0.2, 0.25) is 0 Å². The van der Waals surface area contributed by atoms with E-state index in [1.165, 1.54) is 48.8 Å². The van der Waals surface area contributed by atoms with E-state index in [2.05, 4.69) is 138 Å². The Morgan fingerprint density at radius 3 is 1.42 bits per heavy atom. The Bertz CT molecular complexity index is 920. The average Bonchev–Trinajstić information content (AvgIpc) is 2.91. The first kappa shape index (κ1) is 32.2. The molecule has 0 aliphatic rings. The van der Waals surface area contributed by atoms with Crippen molar-refractivity contribution in [2.45, 2.75) is 84.8 Å². The fraction of sp³-hybridized carbons (Fsp3) is 0.444. The molecule has 0 heterocycles. The van der Waals surface area contributed by atoms with Crippen molar-refractivity contribution in [2.24, 2.45) is 17.8 Å². The SMILES string of the molecule is CCCCCC(/C=C/C(CC(C)C)CC(C)C)OC(c1ccccc1)(c1ccccc1)c1ccccc1.[LiH]. The zero-order valence-corrected chi connectivity index (χ0v) is 23.8. The van der Waals surface area contributed by atoms with Crippen molar-refractivity contribution >= 4 is 18.9 Å². The molecule has 200 valence electrons. The van der Waals surface area contributed by atoms with Crippen molar-refractivity contribution < 1.29 is 4.74 Å². The molecule has 0 aromatic heterocycles. The predicted molar refractivity (Wildman–Crippen MR) is 167 cm³/mol. The van der Waals surface area contributed by atoms with E-state index >= 15 is 0 Å². The molecule has 2 heteroatoms. The van der Waals surface area contributed by atoms with Crippen LogP contribution < -0.4 is 0 Å². The van der Waals surface area contributed by atoms with E-state index in [1.54, 1.807) is 0 Å². The van der Waals surface area contributed by atoms with Gasteiger partial charge in [-0.3, -0.25) is 0 Å². The van der Waals surface area contributed by atoms with E-state index in [4.69, 9.17) is 4.74 Å².